The number of nitrogens with one attached hydrogen (secondary N) is 1. The van der Waals surface area contributed by atoms with Gasteiger partial charge in [-0.25, -0.2) is 14.5 Å². The number of imide groups is 1. The maximum Gasteiger partial charge on any atom is 0.408 e. The predicted octanol–water partition coefficient (Wildman–Crippen LogP) is 2.83. The molecule has 2 heterocycles. The van der Waals surface area contributed by atoms with Crippen molar-refractivity contribution in [1.82, 2.24) is 5.32 Å². The zero-order valence-electron chi connectivity index (χ0n) is 20.5. The second-order valence-electron chi connectivity index (χ2n) is 9.40. The van der Waals surface area contributed by atoms with Gasteiger partial charge in [-0.1, -0.05) is 18.2 Å². The molecule has 0 radical (unpaired) electrons. The van der Waals surface area contributed by atoms with Crippen LogP contribution in [0.25, 0.3) is 0 Å². The SMILES string of the molecule is CCOC(=O)[C@@H]1Cc2ccc(N3C(=O)c4ccccc4C3=O)cc2N1C(=O)CNC(=O)OC(C)(C)C. The smallest absolute Gasteiger partial charge is 0.408 e. The zero-order valence-corrected chi connectivity index (χ0v) is 20.5. The van der Waals surface area contributed by atoms with E-state index in [-0.39, 0.29) is 18.7 Å². The van der Waals surface area contributed by atoms with E-state index in [2.05, 4.69) is 5.32 Å². The van der Waals surface area contributed by atoms with Crippen molar-refractivity contribution in [2.24, 2.45) is 0 Å². The molecule has 1 atom stereocenters. The van der Waals surface area contributed by atoms with Gasteiger partial charge < -0.3 is 14.8 Å². The van der Waals surface area contributed by atoms with Crippen molar-refractivity contribution in [3.63, 3.8) is 0 Å². The van der Waals surface area contributed by atoms with Crippen LogP contribution in [0.2, 0.25) is 0 Å². The van der Waals surface area contributed by atoms with Crippen LogP contribution >= 0.6 is 0 Å². The van der Waals surface area contributed by atoms with Crippen LogP contribution in [-0.2, 0) is 25.5 Å². The average molecular weight is 494 g/mol. The molecule has 0 bridgehead atoms. The molecule has 0 unspecified atom stereocenters. The van der Waals surface area contributed by atoms with Crippen molar-refractivity contribution in [1.29, 1.82) is 0 Å². The largest absolute Gasteiger partial charge is 0.464 e. The molecular weight excluding hydrogens is 466 g/mol. The number of esters is 1. The number of benzene rings is 2. The molecule has 2 aliphatic heterocycles. The fourth-order valence-corrected chi connectivity index (χ4v) is 4.26. The molecule has 10 nitrogen and oxygen atoms in total. The molecule has 10 heteroatoms. The van der Waals surface area contributed by atoms with Gasteiger partial charge in [-0.15, -0.1) is 0 Å². The van der Waals surface area contributed by atoms with Gasteiger partial charge in [-0.2, -0.15) is 0 Å². The summed E-state index contributed by atoms with van der Waals surface area (Å²) in [5, 5.41) is 2.41. The molecule has 36 heavy (non-hydrogen) atoms. The van der Waals surface area contributed by atoms with Crippen LogP contribution in [-0.4, -0.2) is 54.6 Å². The van der Waals surface area contributed by atoms with Crippen molar-refractivity contribution in [2.75, 3.05) is 23.0 Å². The number of ether oxygens (including phenoxy) is 2. The van der Waals surface area contributed by atoms with Crippen molar-refractivity contribution in [3.05, 3.63) is 59.2 Å². The number of carbonyl (C=O) groups excluding carboxylic acids is 5. The van der Waals surface area contributed by atoms with E-state index in [1.54, 1.807) is 64.1 Å². The van der Waals surface area contributed by atoms with E-state index in [0.717, 1.165) is 4.90 Å². The molecule has 2 aromatic carbocycles. The minimum absolute atomic E-state index is 0.129. The highest BCUT2D eigenvalue weighted by Gasteiger charge is 2.41. The molecule has 2 aromatic rings. The Bertz CT molecular complexity index is 1230. The summed E-state index contributed by atoms with van der Waals surface area (Å²) in [5.41, 5.74) is 1.13. The van der Waals surface area contributed by atoms with Gasteiger partial charge in [-0.3, -0.25) is 19.3 Å². The van der Waals surface area contributed by atoms with E-state index in [1.165, 1.54) is 11.0 Å². The van der Waals surface area contributed by atoms with Gasteiger partial charge in [0.1, 0.15) is 18.2 Å². The number of rotatable bonds is 5. The van der Waals surface area contributed by atoms with Gasteiger partial charge in [0.15, 0.2) is 0 Å². The maximum absolute atomic E-state index is 13.2. The summed E-state index contributed by atoms with van der Waals surface area (Å²) in [6.07, 6.45) is -0.586. The highest BCUT2D eigenvalue weighted by molar-refractivity contribution is 6.34. The molecule has 188 valence electrons. The highest BCUT2D eigenvalue weighted by Crippen LogP contribution is 2.38. The summed E-state index contributed by atoms with van der Waals surface area (Å²) >= 11 is 0. The Hall–Kier alpha value is -4.21. The first-order valence-electron chi connectivity index (χ1n) is 11.6. The Balaban J connectivity index is 1.64. The molecule has 2 aliphatic rings. The second-order valence-corrected chi connectivity index (χ2v) is 9.40. The number of anilines is 2. The first-order valence-corrected chi connectivity index (χ1v) is 11.6. The fourth-order valence-electron chi connectivity index (χ4n) is 4.26. The van der Waals surface area contributed by atoms with Gasteiger partial charge in [0, 0.05) is 6.42 Å². The number of hydrogen-bond donors (Lipinski definition) is 1. The summed E-state index contributed by atoms with van der Waals surface area (Å²) in [4.78, 5) is 66.2. The van der Waals surface area contributed by atoms with Gasteiger partial charge in [0.05, 0.1) is 29.1 Å². The molecule has 0 saturated heterocycles. The number of amides is 4. The van der Waals surface area contributed by atoms with Gasteiger partial charge in [0.25, 0.3) is 11.8 Å². The Kier molecular flexibility index (Phi) is 6.53. The van der Waals surface area contributed by atoms with Crippen LogP contribution in [0.4, 0.5) is 16.2 Å². The molecule has 4 amide bonds. The minimum Gasteiger partial charge on any atom is -0.464 e. The summed E-state index contributed by atoms with van der Waals surface area (Å²) in [6, 6.07) is 10.4. The quantitative estimate of drug-likeness (QED) is 0.502. The number of carbonyl (C=O) groups is 5. The van der Waals surface area contributed by atoms with Crippen molar-refractivity contribution < 1.29 is 33.4 Å². The lowest BCUT2D eigenvalue weighted by molar-refractivity contribution is -0.145. The molecular formula is C26H27N3O7. The Labute approximate surface area is 208 Å². The standard InChI is InChI=1S/C26H27N3O7/c1-5-35-24(33)20-12-15-10-11-16(28-22(31)17-8-6-7-9-18(17)23(28)32)13-19(15)29(20)21(30)14-27-25(34)36-26(2,3)4/h6-11,13,20H,5,12,14H2,1-4H3,(H,27,34)/t20-/m0/s1. The third-order valence-corrected chi connectivity index (χ3v) is 5.72. The molecule has 0 fully saturated rings. The lowest BCUT2D eigenvalue weighted by atomic mass is 10.1. The Morgan fingerprint density at radius 1 is 1.03 bits per heavy atom. The van der Waals surface area contributed by atoms with E-state index in [0.29, 0.717) is 22.4 Å². The summed E-state index contributed by atoms with van der Waals surface area (Å²) in [7, 11) is 0. The molecule has 4 rings (SSSR count). The van der Waals surface area contributed by atoms with Gasteiger partial charge in [0.2, 0.25) is 5.91 Å². The highest BCUT2D eigenvalue weighted by atomic mass is 16.6. The van der Waals surface area contributed by atoms with Crippen LogP contribution in [0.1, 0.15) is 54.0 Å². The van der Waals surface area contributed by atoms with Gasteiger partial charge in [-0.05, 0) is 57.5 Å². The van der Waals surface area contributed by atoms with Crippen LogP contribution in [0.5, 0.6) is 0 Å². The first kappa shape index (κ1) is 24.9. The summed E-state index contributed by atoms with van der Waals surface area (Å²) in [6.45, 7) is 6.45. The number of nitrogens with zero attached hydrogens (tertiary/aromatic N) is 2. The summed E-state index contributed by atoms with van der Waals surface area (Å²) < 4.78 is 10.4. The maximum atomic E-state index is 13.2. The van der Waals surface area contributed by atoms with E-state index in [9.17, 15) is 24.0 Å². The molecule has 0 spiro atoms. The average Bonchev–Trinajstić information content (AvgIpc) is 3.32. The van der Waals surface area contributed by atoms with E-state index < -0.39 is 48.0 Å². The Morgan fingerprint density at radius 2 is 1.67 bits per heavy atom. The first-order chi connectivity index (χ1) is 17.0. The zero-order chi connectivity index (χ0) is 26.2. The lowest BCUT2D eigenvalue weighted by Crippen LogP contribution is -2.48. The predicted molar refractivity (Wildman–Crippen MR) is 130 cm³/mol. The van der Waals surface area contributed by atoms with E-state index >= 15 is 0 Å². The molecule has 0 aliphatic carbocycles. The number of hydrogen-bond acceptors (Lipinski definition) is 7. The third kappa shape index (κ3) is 4.66. The minimum atomic E-state index is -0.953. The van der Waals surface area contributed by atoms with Crippen LogP contribution in [0, 0.1) is 0 Å². The van der Waals surface area contributed by atoms with Crippen LogP contribution < -0.4 is 15.1 Å². The number of fused-ring (bicyclic) bond motifs is 2. The topological polar surface area (TPSA) is 122 Å². The third-order valence-electron chi connectivity index (χ3n) is 5.72. The van der Waals surface area contributed by atoms with E-state index in [4.69, 9.17) is 9.47 Å². The fraction of sp³-hybridized carbons (Fsp3) is 0.346. The van der Waals surface area contributed by atoms with Crippen LogP contribution in [0.15, 0.2) is 42.5 Å². The van der Waals surface area contributed by atoms with Crippen molar-refractivity contribution in [3.8, 4) is 0 Å². The number of alkyl carbamates (subject to hydrolysis) is 1. The van der Waals surface area contributed by atoms with Gasteiger partial charge >= 0.3 is 12.1 Å². The van der Waals surface area contributed by atoms with Crippen LogP contribution in [0.3, 0.4) is 0 Å². The monoisotopic (exact) mass is 493 g/mol. The normalized spacial score (nSPS) is 16.5. The van der Waals surface area contributed by atoms with E-state index in [1.807, 2.05) is 0 Å². The second kappa shape index (κ2) is 9.44. The van der Waals surface area contributed by atoms with Crippen molar-refractivity contribution in [2.45, 2.75) is 45.8 Å². The molecule has 0 saturated carbocycles. The van der Waals surface area contributed by atoms with Crippen molar-refractivity contribution >= 4 is 41.2 Å². The molecule has 1 N–H and O–H groups in total. The summed E-state index contributed by atoms with van der Waals surface area (Å²) in [5.74, 6) is -2.11. The Morgan fingerprint density at radius 3 is 2.25 bits per heavy atom. The molecule has 0 aromatic heterocycles. The lowest BCUT2D eigenvalue weighted by Gasteiger charge is -2.25.